The van der Waals surface area contributed by atoms with E-state index in [1.165, 1.54) is 0 Å². The molecule has 0 aliphatic carbocycles. The van der Waals surface area contributed by atoms with E-state index in [9.17, 15) is 4.79 Å². The summed E-state index contributed by atoms with van der Waals surface area (Å²) in [6.07, 6.45) is 1.28. The molecule has 2 aromatic rings. The van der Waals surface area contributed by atoms with Crippen molar-refractivity contribution in [2.45, 2.75) is 32.8 Å². The van der Waals surface area contributed by atoms with Gasteiger partial charge in [0.15, 0.2) is 0 Å². The molecule has 0 unspecified atom stereocenters. The molecule has 0 saturated carbocycles. The second-order valence-corrected chi connectivity index (χ2v) is 6.31. The normalized spacial score (nSPS) is 15.5. The molecule has 2 aromatic carbocycles. The monoisotopic (exact) mass is 345 g/mol. The molecule has 0 spiro atoms. The van der Waals surface area contributed by atoms with Crippen LogP contribution in [-0.2, 0) is 17.6 Å². The fraction of sp³-hybridized carbons (Fsp3) is 0.316. The van der Waals surface area contributed by atoms with Crippen LogP contribution < -0.4 is 14.8 Å². The summed E-state index contributed by atoms with van der Waals surface area (Å²) in [7, 11) is 0. The van der Waals surface area contributed by atoms with Gasteiger partial charge in [-0.15, -0.1) is 0 Å². The Labute approximate surface area is 146 Å². The highest BCUT2D eigenvalue weighted by molar-refractivity contribution is 6.30. The van der Waals surface area contributed by atoms with Gasteiger partial charge in [-0.05, 0) is 37.6 Å². The van der Waals surface area contributed by atoms with Crippen molar-refractivity contribution in [2.24, 2.45) is 0 Å². The fourth-order valence-corrected chi connectivity index (χ4v) is 2.92. The van der Waals surface area contributed by atoms with Crippen LogP contribution in [-0.4, -0.2) is 18.6 Å². The Bertz CT molecular complexity index is 743. The molecule has 24 heavy (non-hydrogen) atoms. The number of nitrogens with one attached hydrogen (secondary N) is 1. The quantitative estimate of drug-likeness (QED) is 0.881. The Morgan fingerprint density at radius 2 is 2.08 bits per heavy atom. The highest BCUT2D eigenvalue weighted by Crippen LogP contribution is 2.38. The molecule has 4 nitrogen and oxygen atoms in total. The molecule has 0 aromatic heterocycles. The molecular weight excluding hydrogens is 326 g/mol. The van der Waals surface area contributed by atoms with E-state index in [1.54, 1.807) is 12.1 Å². The molecule has 1 aliphatic rings. The number of ether oxygens (including phenoxy) is 2. The van der Waals surface area contributed by atoms with Gasteiger partial charge in [-0.1, -0.05) is 23.7 Å². The van der Waals surface area contributed by atoms with Crippen molar-refractivity contribution in [2.75, 3.05) is 11.9 Å². The zero-order valence-electron chi connectivity index (χ0n) is 13.8. The third-order valence-electron chi connectivity index (χ3n) is 3.85. The van der Waals surface area contributed by atoms with Crippen molar-refractivity contribution in [1.29, 1.82) is 0 Å². The Morgan fingerprint density at radius 3 is 2.79 bits per heavy atom. The van der Waals surface area contributed by atoms with Gasteiger partial charge in [-0.3, -0.25) is 4.79 Å². The average molecular weight is 346 g/mol. The molecule has 0 radical (unpaired) electrons. The summed E-state index contributed by atoms with van der Waals surface area (Å²) in [4.78, 5) is 12.3. The van der Waals surface area contributed by atoms with E-state index in [-0.39, 0.29) is 18.4 Å². The lowest BCUT2D eigenvalue weighted by Gasteiger charge is -2.13. The third kappa shape index (κ3) is 3.82. The van der Waals surface area contributed by atoms with E-state index >= 15 is 0 Å². The number of hydrogen-bond donors (Lipinski definition) is 1. The van der Waals surface area contributed by atoms with Gasteiger partial charge in [-0.2, -0.15) is 0 Å². The van der Waals surface area contributed by atoms with Crippen LogP contribution >= 0.6 is 11.6 Å². The lowest BCUT2D eigenvalue weighted by Crippen LogP contribution is -2.15. The minimum absolute atomic E-state index is 0.107. The first-order chi connectivity index (χ1) is 11.5. The van der Waals surface area contributed by atoms with E-state index in [0.717, 1.165) is 23.3 Å². The molecule has 126 valence electrons. The second-order valence-electron chi connectivity index (χ2n) is 5.87. The largest absolute Gasteiger partial charge is 0.492 e. The predicted molar refractivity (Wildman–Crippen MR) is 95.2 cm³/mol. The van der Waals surface area contributed by atoms with Crippen molar-refractivity contribution in [3.05, 3.63) is 52.5 Å². The van der Waals surface area contributed by atoms with Gasteiger partial charge in [0, 0.05) is 23.1 Å². The van der Waals surface area contributed by atoms with Gasteiger partial charge in [0.05, 0.1) is 18.7 Å². The lowest BCUT2D eigenvalue weighted by molar-refractivity contribution is -0.115. The van der Waals surface area contributed by atoms with Crippen molar-refractivity contribution < 1.29 is 14.3 Å². The maximum absolute atomic E-state index is 12.3. The molecule has 0 fully saturated rings. The van der Waals surface area contributed by atoms with Gasteiger partial charge >= 0.3 is 0 Å². The molecule has 1 atom stereocenters. The number of halogens is 1. The van der Waals surface area contributed by atoms with Crippen LogP contribution in [0.1, 0.15) is 25.0 Å². The van der Waals surface area contributed by atoms with E-state index < -0.39 is 0 Å². The van der Waals surface area contributed by atoms with Gasteiger partial charge in [0.1, 0.15) is 17.6 Å². The first-order valence-electron chi connectivity index (χ1n) is 8.06. The van der Waals surface area contributed by atoms with E-state index in [0.29, 0.717) is 23.1 Å². The summed E-state index contributed by atoms with van der Waals surface area (Å²) in [5, 5.41) is 3.58. The molecule has 1 aliphatic heterocycles. The van der Waals surface area contributed by atoms with Crippen LogP contribution in [0.4, 0.5) is 5.69 Å². The highest BCUT2D eigenvalue weighted by Gasteiger charge is 2.22. The molecule has 0 saturated heterocycles. The molecule has 1 N–H and O–H groups in total. The average Bonchev–Trinajstić information content (AvgIpc) is 2.89. The fourth-order valence-electron chi connectivity index (χ4n) is 2.79. The summed E-state index contributed by atoms with van der Waals surface area (Å²) in [6, 6.07) is 11.1. The van der Waals surface area contributed by atoms with E-state index in [2.05, 4.69) is 5.32 Å². The minimum Gasteiger partial charge on any atom is -0.492 e. The van der Waals surface area contributed by atoms with Crippen molar-refractivity contribution in [3.63, 3.8) is 0 Å². The summed E-state index contributed by atoms with van der Waals surface area (Å²) in [5.41, 5.74) is 2.66. The number of fused-ring (bicyclic) bond motifs is 1. The molecular formula is C19H20ClNO3. The zero-order chi connectivity index (χ0) is 17.1. The molecule has 1 amide bonds. The molecule has 1 heterocycles. The first-order valence-corrected chi connectivity index (χ1v) is 8.43. The third-order valence-corrected chi connectivity index (χ3v) is 4.10. The van der Waals surface area contributed by atoms with Crippen molar-refractivity contribution in [1.82, 2.24) is 0 Å². The SMILES string of the molecule is CCOc1cc2c(cc1NC(=O)Cc1ccc(Cl)cc1)O[C@@H](C)C2. The Balaban J connectivity index is 1.77. The van der Waals surface area contributed by atoms with Crippen LogP contribution in [0.5, 0.6) is 11.5 Å². The Morgan fingerprint density at radius 1 is 1.33 bits per heavy atom. The number of carbonyl (C=O) groups excluding carboxylic acids is 1. The number of carbonyl (C=O) groups is 1. The van der Waals surface area contributed by atoms with Gasteiger partial charge < -0.3 is 14.8 Å². The minimum atomic E-state index is -0.107. The summed E-state index contributed by atoms with van der Waals surface area (Å²) in [6.45, 7) is 4.49. The van der Waals surface area contributed by atoms with E-state index in [1.807, 2.05) is 38.1 Å². The van der Waals surface area contributed by atoms with Crippen molar-refractivity contribution in [3.8, 4) is 11.5 Å². The lowest BCUT2D eigenvalue weighted by atomic mass is 10.1. The summed E-state index contributed by atoms with van der Waals surface area (Å²) in [5.74, 6) is 1.38. The highest BCUT2D eigenvalue weighted by atomic mass is 35.5. The smallest absolute Gasteiger partial charge is 0.228 e. The summed E-state index contributed by atoms with van der Waals surface area (Å²) < 4.78 is 11.4. The van der Waals surface area contributed by atoms with Crippen LogP contribution in [0.3, 0.4) is 0 Å². The van der Waals surface area contributed by atoms with Crippen LogP contribution in [0.2, 0.25) is 5.02 Å². The number of anilines is 1. The topological polar surface area (TPSA) is 47.6 Å². The van der Waals surface area contributed by atoms with Gasteiger partial charge in [-0.25, -0.2) is 0 Å². The number of benzene rings is 2. The van der Waals surface area contributed by atoms with Gasteiger partial charge in [0.25, 0.3) is 0 Å². The Kier molecular flexibility index (Phi) is 4.95. The molecule has 0 bridgehead atoms. The second kappa shape index (κ2) is 7.14. The first kappa shape index (κ1) is 16.7. The zero-order valence-corrected chi connectivity index (χ0v) is 14.5. The maximum Gasteiger partial charge on any atom is 0.228 e. The van der Waals surface area contributed by atoms with Crippen LogP contribution in [0.15, 0.2) is 36.4 Å². The summed E-state index contributed by atoms with van der Waals surface area (Å²) >= 11 is 5.87. The molecule has 3 rings (SSSR count). The van der Waals surface area contributed by atoms with Crippen molar-refractivity contribution >= 4 is 23.2 Å². The maximum atomic E-state index is 12.3. The van der Waals surface area contributed by atoms with Crippen LogP contribution in [0, 0.1) is 0 Å². The predicted octanol–water partition coefficient (Wildman–Crippen LogP) is 4.24. The van der Waals surface area contributed by atoms with Gasteiger partial charge in [0.2, 0.25) is 5.91 Å². The number of amides is 1. The van der Waals surface area contributed by atoms with Crippen LogP contribution in [0.25, 0.3) is 0 Å². The Hall–Kier alpha value is -2.20. The standard InChI is InChI=1S/C19H20ClNO3/c1-3-23-18-10-14-8-12(2)24-17(14)11-16(18)21-19(22)9-13-4-6-15(20)7-5-13/h4-7,10-12H,3,8-9H2,1-2H3,(H,21,22)/t12-/m0/s1. The number of rotatable bonds is 5. The number of hydrogen-bond acceptors (Lipinski definition) is 3. The van der Waals surface area contributed by atoms with E-state index in [4.69, 9.17) is 21.1 Å². The molecule has 5 heteroatoms.